The molecule has 4 rings (SSSR count). The second-order valence-corrected chi connectivity index (χ2v) is 7.58. The van der Waals surface area contributed by atoms with Crippen molar-refractivity contribution in [2.24, 2.45) is 0 Å². The summed E-state index contributed by atoms with van der Waals surface area (Å²) < 4.78 is 21.1. The summed E-state index contributed by atoms with van der Waals surface area (Å²) in [6.07, 6.45) is 1.65. The van der Waals surface area contributed by atoms with Gasteiger partial charge in [0.2, 0.25) is 6.79 Å². The van der Waals surface area contributed by atoms with Gasteiger partial charge in [-0.2, -0.15) is 0 Å². The van der Waals surface area contributed by atoms with E-state index in [0.29, 0.717) is 44.1 Å². The molecule has 0 spiro atoms. The molecule has 29 heavy (non-hydrogen) atoms. The van der Waals surface area contributed by atoms with Gasteiger partial charge in [0.15, 0.2) is 23.0 Å². The highest BCUT2D eigenvalue weighted by Gasteiger charge is 2.35. The number of fused-ring (bicyclic) bond motifs is 1. The first-order valence-electron chi connectivity index (χ1n) is 8.55. The first kappa shape index (κ1) is 19.5. The maximum absolute atomic E-state index is 12.8. The Labute approximate surface area is 176 Å². The number of methoxy groups -OCH3 is 2. The van der Waals surface area contributed by atoms with Gasteiger partial charge in [0, 0.05) is 11.1 Å². The Hall–Kier alpha value is -2.84. The lowest BCUT2D eigenvalue weighted by Crippen LogP contribution is -2.27. The molecule has 2 aromatic rings. The fourth-order valence-corrected chi connectivity index (χ4v) is 4.03. The Morgan fingerprint density at radius 3 is 2.55 bits per heavy atom. The number of rotatable bonds is 5. The molecule has 2 amide bonds. The summed E-state index contributed by atoms with van der Waals surface area (Å²) in [5.41, 5.74) is 1.32. The standard InChI is InChI=1S/C20H16ClNO6S/c1-25-14-4-3-11(5-15(14)26-2)6-18-19(23)22(20(24)29-18)9-12-7-16-17(8-13(12)21)28-10-27-16/h3-8H,9-10H2,1-2H3/b18-6-. The lowest BCUT2D eigenvalue weighted by Gasteiger charge is -2.14. The van der Waals surface area contributed by atoms with E-state index in [2.05, 4.69) is 0 Å². The lowest BCUT2D eigenvalue weighted by molar-refractivity contribution is -0.123. The molecule has 150 valence electrons. The molecule has 0 saturated carbocycles. The van der Waals surface area contributed by atoms with Crippen LogP contribution in [0.25, 0.3) is 6.08 Å². The van der Waals surface area contributed by atoms with Gasteiger partial charge in [0.25, 0.3) is 11.1 Å². The minimum atomic E-state index is -0.386. The average Bonchev–Trinajstić information content (AvgIpc) is 3.27. The molecule has 2 aliphatic rings. The lowest BCUT2D eigenvalue weighted by atomic mass is 10.1. The first-order chi connectivity index (χ1) is 14.0. The fraction of sp³-hybridized carbons (Fsp3) is 0.200. The second kappa shape index (κ2) is 7.88. The number of hydrogen-bond donors (Lipinski definition) is 0. The van der Waals surface area contributed by atoms with E-state index in [-0.39, 0.29) is 24.5 Å². The molecule has 9 heteroatoms. The van der Waals surface area contributed by atoms with Crippen LogP contribution in [0.3, 0.4) is 0 Å². The zero-order valence-electron chi connectivity index (χ0n) is 15.6. The molecule has 0 aliphatic carbocycles. The number of carbonyl (C=O) groups excluding carboxylic acids is 2. The maximum Gasteiger partial charge on any atom is 0.293 e. The van der Waals surface area contributed by atoms with Crippen LogP contribution < -0.4 is 18.9 Å². The van der Waals surface area contributed by atoms with Gasteiger partial charge >= 0.3 is 0 Å². The van der Waals surface area contributed by atoms with E-state index in [1.165, 1.54) is 7.11 Å². The SMILES string of the molecule is COc1ccc(/C=C2\SC(=O)N(Cc3cc4c(cc3Cl)OCO4)C2=O)cc1OC. The molecule has 0 N–H and O–H groups in total. The molecule has 7 nitrogen and oxygen atoms in total. The molecular formula is C20H16ClNO6S. The summed E-state index contributed by atoms with van der Waals surface area (Å²) >= 11 is 7.16. The minimum Gasteiger partial charge on any atom is -0.493 e. The summed E-state index contributed by atoms with van der Waals surface area (Å²) in [6.45, 7) is 0.161. The molecule has 0 atom stereocenters. The Morgan fingerprint density at radius 2 is 1.83 bits per heavy atom. The Kier molecular flexibility index (Phi) is 5.29. The van der Waals surface area contributed by atoms with E-state index in [1.807, 2.05) is 0 Å². The average molecular weight is 434 g/mol. The molecule has 0 aromatic heterocycles. The third kappa shape index (κ3) is 3.73. The van der Waals surface area contributed by atoms with Gasteiger partial charge in [-0.3, -0.25) is 14.5 Å². The van der Waals surface area contributed by atoms with Crippen LogP contribution in [0.5, 0.6) is 23.0 Å². The predicted molar refractivity (Wildman–Crippen MR) is 109 cm³/mol. The molecular weight excluding hydrogens is 418 g/mol. The number of carbonyl (C=O) groups is 2. The largest absolute Gasteiger partial charge is 0.493 e. The third-order valence-corrected chi connectivity index (χ3v) is 5.71. The van der Waals surface area contributed by atoms with Crippen LogP contribution >= 0.6 is 23.4 Å². The fourth-order valence-electron chi connectivity index (χ4n) is 2.98. The van der Waals surface area contributed by atoms with Crippen LogP contribution in [-0.4, -0.2) is 37.1 Å². The topological polar surface area (TPSA) is 74.3 Å². The van der Waals surface area contributed by atoms with E-state index in [0.717, 1.165) is 16.7 Å². The van der Waals surface area contributed by atoms with Gasteiger partial charge in [0.05, 0.1) is 25.7 Å². The predicted octanol–water partition coefficient (Wildman–Crippen LogP) is 4.32. The smallest absolute Gasteiger partial charge is 0.293 e. The summed E-state index contributed by atoms with van der Waals surface area (Å²) in [5.74, 6) is 1.81. The molecule has 2 heterocycles. The summed E-state index contributed by atoms with van der Waals surface area (Å²) in [4.78, 5) is 26.7. The Bertz CT molecular complexity index is 1040. The highest BCUT2D eigenvalue weighted by atomic mass is 35.5. The van der Waals surface area contributed by atoms with Crippen molar-refractivity contribution >= 4 is 40.6 Å². The van der Waals surface area contributed by atoms with E-state index >= 15 is 0 Å². The molecule has 1 saturated heterocycles. The molecule has 0 unspecified atom stereocenters. The molecule has 1 fully saturated rings. The van der Waals surface area contributed by atoms with Crippen molar-refractivity contribution in [1.29, 1.82) is 0 Å². The van der Waals surface area contributed by atoms with E-state index < -0.39 is 0 Å². The summed E-state index contributed by atoms with van der Waals surface area (Å²) in [7, 11) is 3.08. The molecule has 0 radical (unpaired) electrons. The van der Waals surface area contributed by atoms with Gasteiger partial charge in [-0.1, -0.05) is 17.7 Å². The number of imide groups is 1. The number of ether oxygens (including phenoxy) is 4. The van der Waals surface area contributed by atoms with E-state index in [9.17, 15) is 9.59 Å². The van der Waals surface area contributed by atoms with Gasteiger partial charge < -0.3 is 18.9 Å². The van der Waals surface area contributed by atoms with Gasteiger partial charge in [-0.15, -0.1) is 0 Å². The molecule has 2 aliphatic heterocycles. The van der Waals surface area contributed by atoms with E-state index in [4.69, 9.17) is 30.5 Å². The minimum absolute atomic E-state index is 0.0451. The van der Waals surface area contributed by atoms with Crippen molar-refractivity contribution in [2.75, 3.05) is 21.0 Å². The normalized spacial score (nSPS) is 16.7. The maximum atomic E-state index is 12.8. The van der Waals surface area contributed by atoms with Crippen molar-refractivity contribution < 1.29 is 28.5 Å². The number of halogens is 1. The third-order valence-electron chi connectivity index (χ3n) is 4.45. The Balaban J connectivity index is 1.57. The quantitative estimate of drug-likeness (QED) is 0.650. The van der Waals surface area contributed by atoms with Crippen LogP contribution in [0.15, 0.2) is 35.2 Å². The zero-order valence-corrected chi connectivity index (χ0v) is 17.1. The molecule has 2 aromatic carbocycles. The summed E-state index contributed by atoms with van der Waals surface area (Å²) in [6, 6.07) is 8.57. The van der Waals surface area contributed by atoms with Crippen molar-refractivity contribution in [3.8, 4) is 23.0 Å². The van der Waals surface area contributed by atoms with Crippen molar-refractivity contribution in [2.45, 2.75) is 6.54 Å². The van der Waals surface area contributed by atoms with Gasteiger partial charge in [-0.05, 0) is 47.2 Å². The van der Waals surface area contributed by atoms with Crippen LogP contribution in [0.2, 0.25) is 5.02 Å². The number of hydrogen-bond acceptors (Lipinski definition) is 7. The van der Waals surface area contributed by atoms with Crippen molar-refractivity contribution in [3.05, 3.63) is 51.4 Å². The number of benzene rings is 2. The number of nitrogens with zero attached hydrogens (tertiary/aromatic N) is 1. The number of amides is 2. The van der Waals surface area contributed by atoms with Crippen LogP contribution in [0, 0.1) is 0 Å². The van der Waals surface area contributed by atoms with Crippen LogP contribution in [0.1, 0.15) is 11.1 Å². The van der Waals surface area contributed by atoms with Crippen molar-refractivity contribution in [1.82, 2.24) is 4.90 Å². The monoisotopic (exact) mass is 433 g/mol. The molecule has 0 bridgehead atoms. The van der Waals surface area contributed by atoms with Gasteiger partial charge in [0.1, 0.15) is 0 Å². The van der Waals surface area contributed by atoms with Crippen LogP contribution in [0.4, 0.5) is 4.79 Å². The Morgan fingerprint density at radius 1 is 1.10 bits per heavy atom. The van der Waals surface area contributed by atoms with Crippen molar-refractivity contribution in [3.63, 3.8) is 0 Å². The second-order valence-electron chi connectivity index (χ2n) is 6.18. The van der Waals surface area contributed by atoms with Crippen LogP contribution in [-0.2, 0) is 11.3 Å². The number of thioether (sulfide) groups is 1. The van der Waals surface area contributed by atoms with Gasteiger partial charge in [-0.25, -0.2) is 0 Å². The highest BCUT2D eigenvalue weighted by Crippen LogP contribution is 2.39. The zero-order chi connectivity index (χ0) is 20.5. The summed E-state index contributed by atoms with van der Waals surface area (Å²) in [5, 5.41) is 0.0348. The highest BCUT2D eigenvalue weighted by molar-refractivity contribution is 8.18. The first-order valence-corrected chi connectivity index (χ1v) is 9.75. The van der Waals surface area contributed by atoms with E-state index in [1.54, 1.807) is 43.5 Å².